The number of ether oxygens (including phenoxy) is 2. The average molecular weight is 431 g/mol. The first-order valence-electron chi connectivity index (χ1n) is 11.0. The van der Waals surface area contributed by atoms with E-state index >= 15 is 0 Å². The van der Waals surface area contributed by atoms with E-state index in [-0.39, 0.29) is 6.42 Å². The predicted molar refractivity (Wildman–Crippen MR) is 124 cm³/mol. The van der Waals surface area contributed by atoms with E-state index in [0.717, 1.165) is 38.4 Å². The number of cyclic esters (lactones) is 1. The molecule has 0 saturated carbocycles. The highest BCUT2D eigenvalue weighted by Crippen LogP contribution is 2.22. The number of aldehydes is 1. The second kappa shape index (κ2) is 14.7. The molecule has 31 heavy (non-hydrogen) atoms. The van der Waals surface area contributed by atoms with Crippen molar-refractivity contribution in [2.75, 3.05) is 7.11 Å². The minimum absolute atomic E-state index is 0.232. The van der Waals surface area contributed by atoms with E-state index in [1.54, 1.807) is 6.08 Å². The van der Waals surface area contributed by atoms with Gasteiger partial charge in [0.25, 0.3) is 0 Å². The Balaban J connectivity index is 2.42. The summed E-state index contributed by atoms with van der Waals surface area (Å²) < 4.78 is 9.97. The second-order valence-electron chi connectivity index (χ2n) is 8.30. The Morgan fingerprint density at radius 2 is 1.61 bits per heavy atom. The smallest absolute Gasteiger partial charge is 0.333 e. The number of rotatable bonds is 14. The minimum Gasteiger partial charge on any atom is -0.428 e. The van der Waals surface area contributed by atoms with Crippen LogP contribution in [0.1, 0.15) is 72.6 Å². The Hall–Kier alpha value is -2.24. The van der Waals surface area contributed by atoms with E-state index in [1.165, 1.54) is 29.9 Å². The summed E-state index contributed by atoms with van der Waals surface area (Å²) in [5.41, 5.74) is 5.12. The summed E-state index contributed by atoms with van der Waals surface area (Å²) in [5.74, 6) is -0.529. The fraction of sp³-hybridized carbons (Fsp3) is 0.538. The second-order valence-corrected chi connectivity index (χ2v) is 8.30. The number of carbonyl (C=O) groups excluding carboxylic acids is 2. The molecule has 2 atom stereocenters. The Bertz CT molecular complexity index is 748. The van der Waals surface area contributed by atoms with Crippen LogP contribution in [-0.2, 0) is 19.1 Å². The van der Waals surface area contributed by atoms with E-state index in [4.69, 9.17) is 9.47 Å². The van der Waals surface area contributed by atoms with Crippen LogP contribution < -0.4 is 0 Å². The third kappa shape index (κ3) is 11.1. The van der Waals surface area contributed by atoms with Crippen LogP contribution in [0.15, 0.2) is 58.2 Å². The van der Waals surface area contributed by atoms with Gasteiger partial charge in [-0.1, -0.05) is 41.0 Å². The molecule has 1 N–H and O–H groups in total. The van der Waals surface area contributed by atoms with Crippen molar-refractivity contribution in [3.63, 3.8) is 0 Å². The first-order valence-corrected chi connectivity index (χ1v) is 11.0. The monoisotopic (exact) mass is 430 g/mol. The Kier molecular flexibility index (Phi) is 12.7. The molecule has 0 bridgehead atoms. The molecule has 0 aromatic rings. The lowest BCUT2D eigenvalue weighted by Crippen LogP contribution is -2.22. The highest BCUT2D eigenvalue weighted by molar-refractivity contribution is 5.85. The maximum Gasteiger partial charge on any atom is 0.333 e. The normalized spacial score (nSPS) is 18.5. The molecule has 0 amide bonds. The Morgan fingerprint density at radius 3 is 2.16 bits per heavy atom. The van der Waals surface area contributed by atoms with Crippen LogP contribution in [-0.4, -0.2) is 36.9 Å². The van der Waals surface area contributed by atoms with Crippen molar-refractivity contribution in [1.29, 1.82) is 0 Å². The van der Waals surface area contributed by atoms with Gasteiger partial charge in [-0.3, -0.25) is 4.79 Å². The molecule has 0 spiro atoms. The molecular weight excluding hydrogens is 392 g/mol. The van der Waals surface area contributed by atoms with E-state index in [2.05, 4.69) is 45.9 Å². The molecule has 0 aromatic carbocycles. The molecule has 0 aliphatic carbocycles. The third-order valence-electron chi connectivity index (χ3n) is 5.18. The SMILES string of the molecule is CO[C@@H]1OC(=O)C=C1[C@H](O)C/C=C(/C=O)CC/C=C(\C)CC/C=C(\C)CCC=C(C)C. The van der Waals surface area contributed by atoms with Crippen molar-refractivity contribution in [3.8, 4) is 0 Å². The van der Waals surface area contributed by atoms with Crippen LogP contribution >= 0.6 is 0 Å². The highest BCUT2D eigenvalue weighted by Gasteiger charge is 2.30. The zero-order chi connectivity index (χ0) is 23.2. The number of aliphatic hydroxyl groups excluding tert-OH is 1. The number of esters is 1. The molecule has 0 radical (unpaired) electrons. The Morgan fingerprint density at radius 1 is 1.03 bits per heavy atom. The minimum atomic E-state index is -0.921. The molecule has 1 aliphatic rings. The third-order valence-corrected chi connectivity index (χ3v) is 5.18. The number of carbonyl (C=O) groups is 2. The van der Waals surface area contributed by atoms with Gasteiger partial charge in [0.1, 0.15) is 6.29 Å². The summed E-state index contributed by atoms with van der Waals surface area (Å²) in [5, 5.41) is 10.3. The van der Waals surface area contributed by atoms with Gasteiger partial charge in [0, 0.05) is 18.8 Å². The lowest BCUT2D eigenvalue weighted by atomic mass is 10.0. The molecular formula is C26H38O5. The summed E-state index contributed by atoms with van der Waals surface area (Å²) in [6.45, 7) is 8.56. The molecule has 0 aromatic heterocycles. The number of allylic oxidation sites excluding steroid dienone is 7. The molecule has 172 valence electrons. The fourth-order valence-corrected chi connectivity index (χ4v) is 3.28. The quantitative estimate of drug-likeness (QED) is 0.170. The lowest BCUT2D eigenvalue weighted by molar-refractivity contribution is -0.156. The highest BCUT2D eigenvalue weighted by atomic mass is 16.7. The number of methoxy groups -OCH3 is 1. The maximum absolute atomic E-state index is 11.4. The van der Waals surface area contributed by atoms with Gasteiger partial charge in [0.2, 0.25) is 6.29 Å². The van der Waals surface area contributed by atoms with Gasteiger partial charge in [0.05, 0.1) is 6.10 Å². The van der Waals surface area contributed by atoms with Crippen LogP contribution in [0.3, 0.4) is 0 Å². The van der Waals surface area contributed by atoms with Crippen LogP contribution in [0.4, 0.5) is 0 Å². The van der Waals surface area contributed by atoms with Crippen molar-refractivity contribution in [2.45, 2.75) is 85.0 Å². The number of aliphatic hydroxyl groups is 1. The van der Waals surface area contributed by atoms with E-state index in [1.807, 2.05) is 0 Å². The maximum atomic E-state index is 11.4. The summed E-state index contributed by atoms with van der Waals surface area (Å²) in [6.07, 6.45) is 14.7. The largest absolute Gasteiger partial charge is 0.428 e. The molecule has 5 nitrogen and oxygen atoms in total. The van der Waals surface area contributed by atoms with Gasteiger partial charge >= 0.3 is 5.97 Å². The van der Waals surface area contributed by atoms with Crippen molar-refractivity contribution < 1.29 is 24.2 Å². The topological polar surface area (TPSA) is 72.8 Å². The fourth-order valence-electron chi connectivity index (χ4n) is 3.28. The zero-order valence-corrected chi connectivity index (χ0v) is 19.6. The van der Waals surface area contributed by atoms with Crippen LogP contribution in [0, 0.1) is 0 Å². The van der Waals surface area contributed by atoms with Crippen LogP contribution in [0.2, 0.25) is 0 Å². The standard InChI is InChI=1S/C26H38O5/c1-19(2)9-6-10-20(3)11-7-12-21(4)13-8-14-22(18-27)15-16-24(28)23-17-25(29)31-26(23)30-5/h9,11,13,15,17-18,24,26,28H,6-8,10,12,14,16H2,1-5H3/b20-11+,21-13+,22-15+/t24-,26-/m1/s1. The van der Waals surface area contributed by atoms with Gasteiger partial charge in [0.15, 0.2) is 0 Å². The van der Waals surface area contributed by atoms with Gasteiger partial charge in [-0.25, -0.2) is 4.79 Å². The zero-order valence-electron chi connectivity index (χ0n) is 19.6. The van der Waals surface area contributed by atoms with Crippen LogP contribution in [0.5, 0.6) is 0 Å². The van der Waals surface area contributed by atoms with E-state index < -0.39 is 18.4 Å². The summed E-state index contributed by atoms with van der Waals surface area (Å²) >= 11 is 0. The van der Waals surface area contributed by atoms with Gasteiger partial charge in [-0.05, 0) is 78.2 Å². The van der Waals surface area contributed by atoms with Gasteiger partial charge in [-0.15, -0.1) is 0 Å². The van der Waals surface area contributed by atoms with Gasteiger partial charge in [-0.2, -0.15) is 0 Å². The van der Waals surface area contributed by atoms with Crippen molar-refractivity contribution in [3.05, 3.63) is 58.2 Å². The first-order chi connectivity index (χ1) is 14.8. The lowest BCUT2D eigenvalue weighted by Gasteiger charge is -2.16. The van der Waals surface area contributed by atoms with Crippen LogP contribution in [0.25, 0.3) is 0 Å². The molecule has 5 heteroatoms. The van der Waals surface area contributed by atoms with E-state index in [0.29, 0.717) is 17.6 Å². The average Bonchev–Trinajstić information content (AvgIpc) is 3.10. The molecule has 1 heterocycles. The van der Waals surface area contributed by atoms with Crippen molar-refractivity contribution in [1.82, 2.24) is 0 Å². The first kappa shape index (κ1) is 26.8. The molecule has 1 rings (SSSR count). The molecule has 0 unspecified atom stereocenters. The molecule has 0 fully saturated rings. The number of hydrogen-bond donors (Lipinski definition) is 1. The van der Waals surface area contributed by atoms with Gasteiger partial charge < -0.3 is 14.6 Å². The molecule has 0 saturated heterocycles. The van der Waals surface area contributed by atoms with Crippen molar-refractivity contribution in [2.24, 2.45) is 0 Å². The summed E-state index contributed by atoms with van der Waals surface area (Å²) in [7, 11) is 1.41. The molecule has 1 aliphatic heterocycles. The Labute approximate surface area is 187 Å². The summed E-state index contributed by atoms with van der Waals surface area (Å²) in [4.78, 5) is 22.7. The van der Waals surface area contributed by atoms with Crippen molar-refractivity contribution >= 4 is 12.3 Å². The predicted octanol–water partition coefficient (Wildman–Crippen LogP) is 5.52. The summed E-state index contributed by atoms with van der Waals surface area (Å²) in [6, 6.07) is 0. The number of hydrogen-bond acceptors (Lipinski definition) is 5. The van der Waals surface area contributed by atoms with E-state index in [9.17, 15) is 14.7 Å².